The molecule has 2 fully saturated rings. The lowest BCUT2D eigenvalue weighted by Crippen LogP contribution is -2.41. The molecule has 0 aromatic heterocycles. The highest BCUT2D eigenvalue weighted by Gasteiger charge is 2.41. The molecule has 0 saturated carbocycles. The maximum Gasteiger partial charge on any atom is 0.227 e. The van der Waals surface area contributed by atoms with Gasteiger partial charge in [-0.2, -0.15) is 0 Å². The maximum atomic E-state index is 13.3. The lowest BCUT2D eigenvalue weighted by atomic mass is 9.94. The van der Waals surface area contributed by atoms with Crippen molar-refractivity contribution in [2.24, 2.45) is 5.92 Å². The molecule has 1 amide bonds. The second-order valence-electron chi connectivity index (χ2n) is 5.60. The quantitative estimate of drug-likeness (QED) is 0.882. The van der Waals surface area contributed by atoms with Crippen molar-refractivity contribution in [3.8, 4) is 0 Å². The summed E-state index contributed by atoms with van der Waals surface area (Å²) in [5, 5.41) is 3.42. The zero-order valence-corrected chi connectivity index (χ0v) is 11.2. The molecule has 2 aliphatic heterocycles. The SMILES string of the molecule is Cc1ccc(F)cc1CN1CC2NCCCC2C1=O. The number of amides is 1. The highest BCUT2D eigenvalue weighted by atomic mass is 19.1. The average Bonchev–Trinajstić information content (AvgIpc) is 2.72. The third-order valence-corrected chi connectivity index (χ3v) is 4.30. The highest BCUT2D eigenvalue weighted by molar-refractivity contribution is 5.82. The van der Waals surface area contributed by atoms with Crippen LogP contribution >= 0.6 is 0 Å². The number of carbonyl (C=O) groups is 1. The minimum absolute atomic E-state index is 0.127. The van der Waals surface area contributed by atoms with Gasteiger partial charge in [-0.3, -0.25) is 4.79 Å². The van der Waals surface area contributed by atoms with Crippen LogP contribution in [0, 0.1) is 18.7 Å². The second-order valence-corrected chi connectivity index (χ2v) is 5.60. The summed E-state index contributed by atoms with van der Waals surface area (Å²) in [5.74, 6) is 0.117. The lowest BCUT2D eigenvalue weighted by Gasteiger charge is -2.23. The number of fused-ring (bicyclic) bond motifs is 1. The minimum Gasteiger partial charge on any atom is -0.336 e. The molecule has 0 aliphatic carbocycles. The van der Waals surface area contributed by atoms with E-state index in [-0.39, 0.29) is 23.7 Å². The van der Waals surface area contributed by atoms with Gasteiger partial charge in [0.2, 0.25) is 5.91 Å². The summed E-state index contributed by atoms with van der Waals surface area (Å²) in [6, 6.07) is 5.07. The molecule has 3 rings (SSSR count). The summed E-state index contributed by atoms with van der Waals surface area (Å²) in [6.07, 6.45) is 2.05. The van der Waals surface area contributed by atoms with Crippen LogP contribution < -0.4 is 5.32 Å². The first-order chi connectivity index (χ1) is 9.15. The Bertz CT molecular complexity index is 503. The Morgan fingerprint density at radius 2 is 2.32 bits per heavy atom. The Labute approximate surface area is 112 Å². The predicted molar refractivity (Wildman–Crippen MR) is 71.1 cm³/mol. The molecule has 0 bridgehead atoms. The van der Waals surface area contributed by atoms with Crippen molar-refractivity contribution < 1.29 is 9.18 Å². The summed E-state index contributed by atoms with van der Waals surface area (Å²) >= 11 is 0. The lowest BCUT2D eigenvalue weighted by molar-refractivity contribution is -0.131. The van der Waals surface area contributed by atoms with E-state index in [1.807, 2.05) is 11.8 Å². The molecular weight excluding hydrogens is 243 g/mol. The fourth-order valence-corrected chi connectivity index (χ4v) is 3.16. The molecule has 3 nitrogen and oxygen atoms in total. The number of likely N-dealkylation sites (tertiary alicyclic amines) is 1. The molecule has 0 radical (unpaired) electrons. The van der Waals surface area contributed by atoms with Crippen LogP contribution in [0.25, 0.3) is 0 Å². The highest BCUT2D eigenvalue weighted by Crippen LogP contribution is 2.28. The van der Waals surface area contributed by atoms with Crippen molar-refractivity contribution in [1.82, 2.24) is 10.2 Å². The first kappa shape index (κ1) is 12.6. The van der Waals surface area contributed by atoms with E-state index in [0.717, 1.165) is 37.1 Å². The molecule has 2 heterocycles. The number of halogens is 1. The van der Waals surface area contributed by atoms with Gasteiger partial charge in [-0.25, -0.2) is 4.39 Å². The molecule has 1 aromatic carbocycles. The van der Waals surface area contributed by atoms with Crippen molar-refractivity contribution >= 4 is 5.91 Å². The minimum atomic E-state index is -0.234. The smallest absolute Gasteiger partial charge is 0.227 e. The van der Waals surface area contributed by atoms with Crippen molar-refractivity contribution in [1.29, 1.82) is 0 Å². The van der Waals surface area contributed by atoms with Gasteiger partial charge < -0.3 is 10.2 Å². The van der Waals surface area contributed by atoms with Crippen LogP contribution in [-0.4, -0.2) is 29.9 Å². The molecular formula is C15H19FN2O. The number of nitrogens with one attached hydrogen (secondary N) is 1. The fraction of sp³-hybridized carbons (Fsp3) is 0.533. The van der Waals surface area contributed by atoms with Crippen molar-refractivity contribution in [2.75, 3.05) is 13.1 Å². The first-order valence-electron chi connectivity index (χ1n) is 6.92. The van der Waals surface area contributed by atoms with Crippen molar-refractivity contribution in [3.05, 3.63) is 35.1 Å². The second kappa shape index (κ2) is 4.93. The predicted octanol–water partition coefficient (Wildman–Crippen LogP) is 1.84. The first-order valence-corrected chi connectivity index (χ1v) is 6.92. The summed E-state index contributed by atoms with van der Waals surface area (Å²) < 4.78 is 13.3. The topological polar surface area (TPSA) is 32.3 Å². The van der Waals surface area contributed by atoms with E-state index in [1.165, 1.54) is 12.1 Å². The average molecular weight is 262 g/mol. The Morgan fingerprint density at radius 1 is 1.47 bits per heavy atom. The van der Waals surface area contributed by atoms with E-state index in [1.54, 1.807) is 6.07 Å². The molecule has 0 spiro atoms. The van der Waals surface area contributed by atoms with Gasteiger partial charge in [0.15, 0.2) is 0 Å². The fourth-order valence-electron chi connectivity index (χ4n) is 3.16. The third kappa shape index (κ3) is 2.37. The van der Waals surface area contributed by atoms with Gasteiger partial charge in [-0.15, -0.1) is 0 Å². The van der Waals surface area contributed by atoms with Crippen LogP contribution in [0.3, 0.4) is 0 Å². The number of rotatable bonds is 2. The van der Waals surface area contributed by atoms with Crippen LogP contribution in [0.5, 0.6) is 0 Å². The Morgan fingerprint density at radius 3 is 3.11 bits per heavy atom. The van der Waals surface area contributed by atoms with Crippen LogP contribution in [0.4, 0.5) is 4.39 Å². The summed E-state index contributed by atoms with van der Waals surface area (Å²) in [6.45, 7) is 4.23. The van der Waals surface area contributed by atoms with Crippen LogP contribution in [-0.2, 0) is 11.3 Å². The Balaban J connectivity index is 1.76. The zero-order valence-electron chi connectivity index (χ0n) is 11.2. The number of piperidine rings is 1. The molecule has 19 heavy (non-hydrogen) atoms. The number of carbonyl (C=O) groups excluding carboxylic acids is 1. The number of aryl methyl sites for hydroxylation is 1. The van der Waals surface area contributed by atoms with Crippen LogP contribution in [0.2, 0.25) is 0 Å². The standard InChI is InChI=1S/C15H19FN2O/c1-10-4-5-12(16)7-11(10)8-18-9-14-13(15(18)19)3-2-6-17-14/h4-5,7,13-14,17H,2-3,6,8-9H2,1H3. The van der Waals surface area contributed by atoms with Crippen molar-refractivity contribution in [2.45, 2.75) is 32.4 Å². The van der Waals surface area contributed by atoms with Gasteiger partial charge in [0.05, 0.1) is 5.92 Å². The van der Waals surface area contributed by atoms with E-state index in [9.17, 15) is 9.18 Å². The largest absolute Gasteiger partial charge is 0.336 e. The molecule has 1 aromatic rings. The third-order valence-electron chi connectivity index (χ3n) is 4.30. The van der Waals surface area contributed by atoms with E-state index in [4.69, 9.17) is 0 Å². The van der Waals surface area contributed by atoms with E-state index >= 15 is 0 Å². The van der Waals surface area contributed by atoms with E-state index in [0.29, 0.717) is 6.54 Å². The molecule has 2 saturated heterocycles. The van der Waals surface area contributed by atoms with E-state index in [2.05, 4.69) is 5.32 Å². The zero-order chi connectivity index (χ0) is 13.4. The molecule has 2 atom stereocenters. The van der Waals surface area contributed by atoms with Crippen LogP contribution in [0.15, 0.2) is 18.2 Å². The number of nitrogens with zero attached hydrogens (tertiary/aromatic N) is 1. The molecule has 2 aliphatic rings. The maximum absolute atomic E-state index is 13.3. The van der Waals surface area contributed by atoms with Gasteiger partial charge in [-0.05, 0) is 49.6 Å². The molecule has 102 valence electrons. The van der Waals surface area contributed by atoms with Gasteiger partial charge in [0.1, 0.15) is 5.82 Å². The summed E-state index contributed by atoms with van der Waals surface area (Å²) in [7, 11) is 0. The van der Waals surface area contributed by atoms with Gasteiger partial charge in [0, 0.05) is 19.1 Å². The number of benzene rings is 1. The molecule has 4 heteroatoms. The monoisotopic (exact) mass is 262 g/mol. The molecule has 2 unspecified atom stereocenters. The Hall–Kier alpha value is -1.42. The van der Waals surface area contributed by atoms with Gasteiger partial charge in [0.25, 0.3) is 0 Å². The number of hydrogen-bond acceptors (Lipinski definition) is 2. The van der Waals surface area contributed by atoms with Gasteiger partial charge >= 0.3 is 0 Å². The summed E-state index contributed by atoms with van der Waals surface area (Å²) in [5.41, 5.74) is 1.95. The Kier molecular flexibility index (Phi) is 3.27. The van der Waals surface area contributed by atoms with Crippen molar-refractivity contribution in [3.63, 3.8) is 0 Å². The number of hydrogen-bond donors (Lipinski definition) is 1. The van der Waals surface area contributed by atoms with Gasteiger partial charge in [-0.1, -0.05) is 6.07 Å². The van der Waals surface area contributed by atoms with Crippen LogP contribution in [0.1, 0.15) is 24.0 Å². The normalized spacial score (nSPS) is 26.6. The summed E-state index contributed by atoms with van der Waals surface area (Å²) in [4.78, 5) is 14.2. The van der Waals surface area contributed by atoms with E-state index < -0.39 is 0 Å². The molecule has 1 N–H and O–H groups in total.